The van der Waals surface area contributed by atoms with Crippen LogP contribution < -0.4 is 0 Å². The molecule has 1 aliphatic rings. The largest absolute Gasteiger partial charge is 0.0984 e. The zero-order valence-electron chi connectivity index (χ0n) is 20.2. The second-order valence-corrected chi connectivity index (χ2v) is 5.16. The lowest BCUT2D eigenvalue weighted by Crippen LogP contribution is -2.07. The van der Waals surface area contributed by atoms with Gasteiger partial charge in [0.1, 0.15) is 0 Å². The van der Waals surface area contributed by atoms with E-state index in [-0.39, 0.29) is 0 Å². The highest BCUT2D eigenvalue weighted by molar-refractivity contribution is 5.83. The second-order valence-electron chi connectivity index (χ2n) is 5.16. The van der Waals surface area contributed by atoms with E-state index in [1.807, 2.05) is 67.5 Å². The van der Waals surface area contributed by atoms with Gasteiger partial charge in [-0.25, -0.2) is 0 Å². The number of fused-ring (bicyclic) bond motifs is 1. The van der Waals surface area contributed by atoms with Gasteiger partial charge in [-0.05, 0) is 67.0 Å². The Kier molecular flexibility index (Phi) is 21.0. The molecule has 0 heteroatoms. The van der Waals surface area contributed by atoms with Crippen LogP contribution in [0.1, 0.15) is 109 Å². The van der Waals surface area contributed by atoms with Crippen molar-refractivity contribution in [2.75, 3.05) is 0 Å². The van der Waals surface area contributed by atoms with E-state index in [9.17, 15) is 0 Å². The average Bonchev–Trinajstić information content (AvgIpc) is 2.75. The maximum absolute atomic E-state index is 4.00. The van der Waals surface area contributed by atoms with Crippen molar-refractivity contribution in [3.05, 3.63) is 58.2 Å². The summed E-state index contributed by atoms with van der Waals surface area (Å²) in [6.07, 6.45) is 12.8. The van der Waals surface area contributed by atoms with Crippen LogP contribution in [0.25, 0.3) is 24.3 Å². The Balaban J connectivity index is -0.000000638. The van der Waals surface area contributed by atoms with Gasteiger partial charge in [-0.2, -0.15) is 0 Å². The summed E-state index contributed by atoms with van der Waals surface area (Å²) in [6, 6.07) is 0. The third kappa shape index (κ3) is 8.16. The first kappa shape index (κ1) is 29.9. The van der Waals surface area contributed by atoms with E-state index in [0.29, 0.717) is 0 Å². The van der Waals surface area contributed by atoms with Gasteiger partial charge < -0.3 is 0 Å². The predicted molar refractivity (Wildman–Crippen MR) is 133 cm³/mol. The number of rotatable bonds is 3. The van der Waals surface area contributed by atoms with Crippen molar-refractivity contribution in [3.63, 3.8) is 0 Å². The van der Waals surface area contributed by atoms with Gasteiger partial charge in [0, 0.05) is 0 Å². The first-order chi connectivity index (χ1) is 13.1. The zero-order chi connectivity index (χ0) is 22.0. The Bertz CT molecular complexity index is 595. The first-order valence-electron chi connectivity index (χ1n) is 10.9. The van der Waals surface area contributed by atoms with Crippen LogP contribution in [0.2, 0.25) is 0 Å². The van der Waals surface area contributed by atoms with Gasteiger partial charge in [0.25, 0.3) is 0 Å². The molecule has 1 aromatic rings. The maximum Gasteiger partial charge on any atom is -0.0109 e. The SMILES string of the molecule is C=Cc1c(C=C)c(/C=C\C)c(C)c2c1C=C(C)CC2.CC.CC.CC.CC. The fourth-order valence-corrected chi connectivity index (χ4v) is 2.97. The summed E-state index contributed by atoms with van der Waals surface area (Å²) in [4.78, 5) is 0. The summed E-state index contributed by atoms with van der Waals surface area (Å²) in [5.41, 5.74) is 9.37. The fraction of sp³-hybridized carbons (Fsp3) is 0.481. The van der Waals surface area contributed by atoms with E-state index in [0.717, 1.165) is 12.8 Å². The standard InChI is InChI=1S/C19H22.4C2H6/c1-6-9-17-14(5)18-11-10-13(4)12-19(18)16(8-3)15(17)7-2;4*1-2/h6-9,12H,2-3,10-11H2,1,4-5H3;4*1-2H3/b9-6-;;;;. The van der Waals surface area contributed by atoms with Gasteiger partial charge in [-0.15, -0.1) is 0 Å². The lowest BCUT2D eigenvalue weighted by atomic mass is 9.81. The van der Waals surface area contributed by atoms with Gasteiger partial charge in [-0.1, -0.05) is 105 Å². The fourth-order valence-electron chi connectivity index (χ4n) is 2.97. The van der Waals surface area contributed by atoms with Crippen LogP contribution in [0.3, 0.4) is 0 Å². The molecule has 0 aromatic heterocycles. The molecule has 27 heavy (non-hydrogen) atoms. The van der Waals surface area contributed by atoms with E-state index in [4.69, 9.17) is 0 Å². The summed E-state index contributed by atoms with van der Waals surface area (Å²) in [6.45, 7) is 30.5. The van der Waals surface area contributed by atoms with E-state index in [1.54, 1.807) is 0 Å². The molecule has 0 N–H and O–H groups in total. The summed E-state index contributed by atoms with van der Waals surface area (Å²) in [5.74, 6) is 0. The van der Waals surface area contributed by atoms with Crippen LogP contribution in [-0.2, 0) is 6.42 Å². The summed E-state index contributed by atoms with van der Waals surface area (Å²) < 4.78 is 0. The van der Waals surface area contributed by atoms with Crippen molar-refractivity contribution in [3.8, 4) is 0 Å². The summed E-state index contributed by atoms with van der Waals surface area (Å²) in [5, 5.41) is 0. The molecular formula is C27H46. The third-order valence-corrected chi connectivity index (χ3v) is 3.95. The molecule has 0 amide bonds. The van der Waals surface area contributed by atoms with Gasteiger partial charge in [0.05, 0.1) is 0 Å². The number of benzene rings is 1. The van der Waals surface area contributed by atoms with Crippen molar-refractivity contribution in [1.82, 2.24) is 0 Å². The Labute approximate surface area is 171 Å². The van der Waals surface area contributed by atoms with Crippen molar-refractivity contribution in [2.45, 2.75) is 89.0 Å². The lowest BCUT2D eigenvalue weighted by Gasteiger charge is -2.23. The smallest absolute Gasteiger partial charge is 0.0109 e. The molecule has 0 atom stereocenters. The Morgan fingerprint density at radius 2 is 1.22 bits per heavy atom. The predicted octanol–water partition coefficient (Wildman–Crippen LogP) is 9.77. The average molecular weight is 371 g/mol. The molecule has 1 aromatic carbocycles. The molecule has 1 aliphatic carbocycles. The highest BCUT2D eigenvalue weighted by atomic mass is 14.2. The molecular weight excluding hydrogens is 324 g/mol. The monoisotopic (exact) mass is 370 g/mol. The molecule has 0 saturated heterocycles. The van der Waals surface area contributed by atoms with Crippen LogP contribution in [-0.4, -0.2) is 0 Å². The minimum Gasteiger partial charge on any atom is -0.0984 e. The van der Waals surface area contributed by atoms with Crippen molar-refractivity contribution in [2.24, 2.45) is 0 Å². The number of allylic oxidation sites excluding steroid dienone is 2. The molecule has 154 valence electrons. The maximum atomic E-state index is 4.00. The molecule has 0 spiro atoms. The third-order valence-electron chi connectivity index (χ3n) is 3.95. The molecule has 0 bridgehead atoms. The molecule has 0 heterocycles. The summed E-state index contributed by atoms with van der Waals surface area (Å²) in [7, 11) is 0. The van der Waals surface area contributed by atoms with Crippen molar-refractivity contribution < 1.29 is 0 Å². The van der Waals surface area contributed by atoms with Gasteiger partial charge in [-0.3, -0.25) is 0 Å². The zero-order valence-corrected chi connectivity index (χ0v) is 20.2. The normalized spacial score (nSPS) is 10.9. The molecule has 0 nitrogen and oxygen atoms in total. The first-order valence-corrected chi connectivity index (χ1v) is 10.9. The number of hydrogen-bond acceptors (Lipinski definition) is 0. The van der Waals surface area contributed by atoms with Crippen LogP contribution in [0.15, 0.2) is 24.8 Å². The van der Waals surface area contributed by atoms with Crippen LogP contribution in [0.4, 0.5) is 0 Å². The minimum atomic E-state index is 1.13. The van der Waals surface area contributed by atoms with E-state index in [1.165, 1.54) is 39.0 Å². The highest BCUT2D eigenvalue weighted by Gasteiger charge is 2.18. The van der Waals surface area contributed by atoms with Gasteiger partial charge in [0.15, 0.2) is 0 Å². The van der Waals surface area contributed by atoms with Gasteiger partial charge in [0.2, 0.25) is 0 Å². The Hall–Kier alpha value is -1.82. The molecule has 0 fully saturated rings. The summed E-state index contributed by atoms with van der Waals surface area (Å²) >= 11 is 0. The van der Waals surface area contributed by atoms with Crippen LogP contribution >= 0.6 is 0 Å². The topological polar surface area (TPSA) is 0 Å². The van der Waals surface area contributed by atoms with Gasteiger partial charge >= 0.3 is 0 Å². The molecule has 2 rings (SSSR count). The van der Waals surface area contributed by atoms with Crippen LogP contribution in [0.5, 0.6) is 0 Å². The second kappa shape index (κ2) is 19.0. The molecule has 0 unspecified atom stereocenters. The molecule has 0 aliphatic heterocycles. The molecule has 0 saturated carbocycles. The van der Waals surface area contributed by atoms with E-state index >= 15 is 0 Å². The van der Waals surface area contributed by atoms with E-state index in [2.05, 4.69) is 52.2 Å². The molecule has 0 radical (unpaired) electrons. The number of hydrogen-bond donors (Lipinski definition) is 0. The Morgan fingerprint density at radius 3 is 1.63 bits per heavy atom. The van der Waals surface area contributed by atoms with E-state index < -0.39 is 0 Å². The Morgan fingerprint density at radius 1 is 0.741 bits per heavy atom. The van der Waals surface area contributed by atoms with Crippen molar-refractivity contribution in [1.29, 1.82) is 0 Å². The van der Waals surface area contributed by atoms with Crippen LogP contribution in [0, 0.1) is 6.92 Å². The lowest BCUT2D eigenvalue weighted by molar-refractivity contribution is 0.915. The quantitative estimate of drug-likeness (QED) is 0.496. The van der Waals surface area contributed by atoms with Crippen molar-refractivity contribution >= 4 is 24.3 Å². The highest BCUT2D eigenvalue weighted by Crippen LogP contribution is 2.36. The minimum absolute atomic E-state index is 1.13.